The van der Waals surface area contributed by atoms with Gasteiger partial charge in [0.15, 0.2) is 17.4 Å². The van der Waals surface area contributed by atoms with Crippen LogP contribution in [0.5, 0.6) is 0 Å². The second kappa shape index (κ2) is 8.86. The third kappa shape index (κ3) is 4.22. The number of carbonyl (C=O) groups excluding carboxylic acids is 1. The minimum Gasteiger partial charge on any atom is -0.390 e. The molecule has 4 aliphatic carbocycles. The number of aliphatic hydroxyl groups is 3. The molecule has 8 heteroatoms. The Bertz CT molecular complexity index is 1140. The van der Waals surface area contributed by atoms with Gasteiger partial charge >= 0.3 is 0 Å². The molecule has 6 rings (SSSR count). The first-order valence-corrected chi connectivity index (χ1v) is 15.8. The molecule has 0 aromatic carbocycles. The molecule has 2 saturated heterocycles. The zero-order valence-electron chi connectivity index (χ0n) is 26.5. The van der Waals surface area contributed by atoms with Crippen molar-refractivity contribution in [2.24, 2.45) is 28.6 Å². The fourth-order valence-electron chi connectivity index (χ4n) is 10.5. The molecule has 41 heavy (non-hydrogen) atoms. The van der Waals surface area contributed by atoms with Crippen molar-refractivity contribution in [2.75, 3.05) is 0 Å². The molecule has 3 saturated carbocycles. The molecule has 3 N–H and O–H groups in total. The van der Waals surface area contributed by atoms with E-state index in [-0.39, 0.29) is 35.7 Å². The molecule has 6 aliphatic rings. The number of fused-ring (bicyclic) bond motifs is 6. The minimum absolute atomic E-state index is 0.0240. The number of aliphatic hydroxyl groups excluding tert-OH is 1. The summed E-state index contributed by atoms with van der Waals surface area (Å²) in [6.07, 6.45) is 4.28. The quantitative estimate of drug-likeness (QED) is 0.451. The van der Waals surface area contributed by atoms with Crippen LogP contribution in [0.3, 0.4) is 0 Å². The molecule has 11 atom stereocenters. The first kappa shape index (κ1) is 30.2. The molecule has 3 unspecified atom stereocenters. The van der Waals surface area contributed by atoms with Crippen molar-refractivity contribution in [3.63, 3.8) is 0 Å². The van der Waals surface area contributed by atoms with Gasteiger partial charge in [-0.2, -0.15) is 0 Å². The van der Waals surface area contributed by atoms with Gasteiger partial charge in [0.25, 0.3) is 0 Å². The van der Waals surface area contributed by atoms with Crippen molar-refractivity contribution in [2.45, 2.75) is 160 Å². The fourth-order valence-corrected chi connectivity index (χ4v) is 10.5. The summed E-state index contributed by atoms with van der Waals surface area (Å²) >= 11 is 0. The van der Waals surface area contributed by atoms with E-state index >= 15 is 0 Å². The monoisotopic (exact) mass is 576 g/mol. The van der Waals surface area contributed by atoms with Crippen molar-refractivity contribution >= 4 is 5.78 Å². The van der Waals surface area contributed by atoms with Crippen LogP contribution in [0.4, 0.5) is 0 Å². The highest BCUT2D eigenvalue weighted by Gasteiger charge is 2.73. The molecule has 0 aromatic rings. The van der Waals surface area contributed by atoms with E-state index in [9.17, 15) is 20.1 Å². The summed E-state index contributed by atoms with van der Waals surface area (Å²) < 4.78 is 25.5. The largest absolute Gasteiger partial charge is 0.390 e. The lowest BCUT2D eigenvalue weighted by molar-refractivity contribution is -0.200. The predicted molar refractivity (Wildman–Crippen MR) is 152 cm³/mol. The van der Waals surface area contributed by atoms with E-state index in [2.05, 4.69) is 13.8 Å². The number of allylic oxidation sites excluding steroid dienone is 1. The van der Waals surface area contributed by atoms with E-state index in [4.69, 9.17) is 18.9 Å². The van der Waals surface area contributed by atoms with Gasteiger partial charge in [-0.15, -0.1) is 0 Å². The lowest BCUT2D eigenvalue weighted by Crippen LogP contribution is -2.66. The molecule has 5 fully saturated rings. The highest BCUT2D eigenvalue weighted by molar-refractivity contribution is 5.95. The Morgan fingerprint density at radius 3 is 2.29 bits per heavy atom. The fraction of sp³-hybridized carbons (Fsp3) is 0.909. The highest BCUT2D eigenvalue weighted by atomic mass is 16.8. The van der Waals surface area contributed by atoms with Crippen molar-refractivity contribution < 1.29 is 39.1 Å². The Balaban J connectivity index is 1.35. The Hall–Kier alpha value is -0.870. The normalized spacial score (nSPS) is 52.0. The third-order valence-electron chi connectivity index (χ3n) is 12.3. The van der Waals surface area contributed by atoms with Crippen LogP contribution in [0.25, 0.3) is 0 Å². The lowest BCUT2D eigenvalue weighted by Gasteiger charge is -2.61. The van der Waals surface area contributed by atoms with Crippen LogP contribution in [0.2, 0.25) is 0 Å². The number of ether oxygens (including phenoxy) is 4. The van der Waals surface area contributed by atoms with E-state index in [1.807, 2.05) is 48.5 Å². The maximum absolute atomic E-state index is 13.9. The van der Waals surface area contributed by atoms with Gasteiger partial charge in [-0.1, -0.05) is 13.8 Å². The molecule has 0 bridgehead atoms. The molecule has 2 heterocycles. The number of hydrogen-bond acceptors (Lipinski definition) is 8. The van der Waals surface area contributed by atoms with E-state index < -0.39 is 51.4 Å². The molecular weight excluding hydrogens is 524 g/mol. The summed E-state index contributed by atoms with van der Waals surface area (Å²) in [5.41, 5.74) is -3.23. The highest BCUT2D eigenvalue weighted by Crippen LogP contribution is 2.70. The molecule has 2 aliphatic heterocycles. The minimum atomic E-state index is -1.20. The van der Waals surface area contributed by atoms with Gasteiger partial charge in [-0.3, -0.25) is 4.79 Å². The average molecular weight is 577 g/mol. The van der Waals surface area contributed by atoms with E-state index in [0.29, 0.717) is 25.7 Å². The Kier molecular flexibility index (Phi) is 6.52. The van der Waals surface area contributed by atoms with Crippen LogP contribution in [0.15, 0.2) is 11.6 Å². The number of ketones is 1. The third-order valence-corrected chi connectivity index (χ3v) is 12.3. The molecular formula is C33H52O8. The maximum Gasteiger partial charge on any atom is 0.164 e. The van der Waals surface area contributed by atoms with Crippen LogP contribution in [0, 0.1) is 28.6 Å². The first-order valence-electron chi connectivity index (χ1n) is 15.8. The van der Waals surface area contributed by atoms with Gasteiger partial charge in [0.1, 0.15) is 6.10 Å². The van der Waals surface area contributed by atoms with Crippen molar-refractivity contribution in [1.82, 2.24) is 0 Å². The van der Waals surface area contributed by atoms with Gasteiger partial charge in [-0.25, -0.2) is 0 Å². The molecule has 0 spiro atoms. The predicted octanol–water partition coefficient (Wildman–Crippen LogP) is 4.42. The number of carbonyl (C=O) groups is 1. The molecule has 8 nitrogen and oxygen atoms in total. The van der Waals surface area contributed by atoms with E-state index in [1.165, 1.54) is 0 Å². The molecule has 0 amide bonds. The van der Waals surface area contributed by atoms with Crippen molar-refractivity contribution in [1.29, 1.82) is 0 Å². The van der Waals surface area contributed by atoms with E-state index in [0.717, 1.165) is 24.8 Å². The summed E-state index contributed by atoms with van der Waals surface area (Å²) in [5, 5.41) is 35.1. The summed E-state index contributed by atoms with van der Waals surface area (Å²) in [4.78, 5) is 13.9. The van der Waals surface area contributed by atoms with Crippen molar-refractivity contribution in [3.05, 3.63) is 11.6 Å². The van der Waals surface area contributed by atoms with Crippen LogP contribution in [0.1, 0.15) is 107 Å². The zero-order chi connectivity index (χ0) is 30.2. The lowest BCUT2D eigenvalue weighted by atomic mass is 9.45. The van der Waals surface area contributed by atoms with E-state index in [1.54, 1.807) is 6.08 Å². The topological polar surface area (TPSA) is 115 Å². The first-order chi connectivity index (χ1) is 18.7. The van der Waals surface area contributed by atoms with Gasteiger partial charge in [-0.05, 0) is 117 Å². The molecule has 232 valence electrons. The molecule has 0 radical (unpaired) electrons. The van der Waals surface area contributed by atoms with Gasteiger partial charge in [0.05, 0.1) is 35.1 Å². The summed E-state index contributed by atoms with van der Waals surface area (Å²) in [6, 6.07) is 0. The smallest absolute Gasteiger partial charge is 0.164 e. The Morgan fingerprint density at radius 2 is 1.63 bits per heavy atom. The average Bonchev–Trinajstić information content (AvgIpc) is 3.39. The standard InChI is InChI=1S/C33H52O8/c1-27(2,36)13-12-24-32(9,41-29(5,6)39-24)23-11-15-33(37)19-16-21(34)20-17-22-25(40-28(3,4)38-22)26(35)31(20,8)18(19)10-14-30(23,33)7/h16,18,20,22-26,35-37H,10-15,17H2,1-9H3/t18?,20?,22-,23?,24-,25-,26-,30-,31-,32-,33-/m1/s1. The zero-order valence-corrected chi connectivity index (χ0v) is 26.5. The Labute approximate surface area is 245 Å². The SMILES string of the molecule is CC(C)(O)CC[C@H]1OC(C)(C)O[C@]1(C)C1CC[C@@]2(O)C3=CC(=O)C4C[C@H]5OC(C)(C)O[C@H]5[C@@H](O)[C@]4(C)C3CC[C@]12C. The van der Waals surface area contributed by atoms with Gasteiger partial charge in [0.2, 0.25) is 0 Å². The number of hydrogen-bond donors (Lipinski definition) is 3. The Morgan fingerprint density at radius 1 is 0.951 bits per heavy atom. The maximum atomic E-state index is 13.9. The summed E-state index contributed by atoms with van der Waals surface area (Å²) in [5.74, 6) is -2.16. The summed E-state index contributed by atoms with van der Waals surface area (Å²) in [6.45, 7) is 17.5. The second-order valence-corrected chi connectivity index (χ2v) is 16.3. The van der Waals surface area contributed by atoms with Crippen molar-refractivity contribution in [3.8, 4) is 0 Å². The van der Waals surface area contributed by atoms with Gasteiger partial charge in [0, 0.05) is 16.7 Å². The van der Waals surface area contributed by atoms with Crippen LogP contribution in [-0.2, 0) is 23.7 Å². The van der Waals surface area contributed by atoms with Crippen LogP contribution in [-0.4, -0.2) is 73.9 Å². The number of rotatable bonds is 4. The van der Waals surface area contributed by atoms with Crippen LogP contribution >= 0.6 is 0 Å². The molecule has 0 aromatic heterocycles. The second-order valence-electron chi connectivity index (χ2n) is 16.3. The van der Waals surface area contributed by atoms with Gasteiger partial charge < -0.3 is 34.3 Å². The summed E-state index contributed by atoms with van der Waals surface area (Å²) in [7, 11) is 0. The van der Waals surface area contributed by atoms with Crippen LogP contribution < -0.4 is 0 Å².